The van der Waals surface area contributed by atoms with Crippen LogP contribution < -0.4 is 10.2 Å². The first-order chi connectivity index (χ1) is 7.70. The van der Waals surface area contributed by atoms with Crippen LogP contribution in [0.2, 0.25) is 0 Å². The van der Waals surface area contributed by atoms with Crippen molar-refractivity contribution < 1.29 is 9.53 Å². The Hall–Kier alpha value is -1.71. The lowest BCUT2D eigenvalue weighted by molar-refractivity contribution is 0.168. The lowest BCUT2D eigenvalue weighted by Crippen LogP contribution is -2.15. The number of carbonyl (C=O) groups is 1. The van der Waals surface area contributed by atoms with E-state index in [0.29, 0.717) is 6.61 Å². The first-order valence-corrected chi connectivity index (χ1v) is 5.48. The summed E-state index contributed by atoms with van der Waals surface area (Å²) >= 11 is 0. The fourth-order valence-electron chi connectivity index (χ4n) is 1.90. The lowest BCUT2D eigenvalue weighted by Gasteiger charge is -2.13. The van der Waals surface area contributed by atoms with Gasteiger partial charge in [-0.1, -0.05) is 6.07 Å². The molecular weight excluding hydrogens is 204 g/mol. The van der Waals surface area contributed by atoms with Gasteiger partial charge in [-0.15, -0.1) is 0 Å². The zero-order valence-electron chi connectivity index (χ0n) is 9.62. The van der Waals surface area contributed by atoms with Crippen molar-refractivity contribution in [3.05, 3.63) is 23.8 Å². The van der Waals surface area contributed by atoms with Gasteiger partial charge < -0.3 is 9.64 Å². The van der Waals surface area contributed by atoms with Gasteiger partial charge in [-0.2, -0.15) is 0 Å². The molecule has 0 fully saturated rings. The second-order valence-electron chi connectivity index (χ2n) is 3.86. The maximum absolute atomic E-state index is 11.2. The van der Waals surface area contributed by atoms with Crippen molar-refractivity contribution >= 4 is 17.5 Å². The average Bonchev–Trinajstić information content (AvgIpc) is 2.61. The van der Waals surface area contributed by atoms with E-state index in [1.54, 1.807) is 6.92 Å². The van der Waals surface area contributed by atoms with Gasteiger partial charge in [0, 0.05) is 25.0 Å². The van der Waals surface area contributed by atoms with Crippen LogP contribution in [0.4, 0.5) is 16.2 Å². The van der Waals surface area contributed by atoms with Crippen LogP contribution in [0.5, 0.6) is 0 Å². The highest BCUT2D eigenvalue weighted by atomic mass is 16.5. The number of benzene rings is 1. The van der Waals surface area contributed by atoms with Gasteiger partial charge in [0.15, 0.2) is 0 Å². The summed E-state index contributed by atoms with van der Waals surface area (Å²) in [5.41, 5.74) is 3.30. The molecule has 0 saturated heterocycles. The molecule has 2 rings (SSSR count). The van der Waals surface area contributed by atoms with Gasteiger partial charge in [-0.3, -0.25) is 5.32 Å². The molecule has 1 aromatic carbocycles. The summed E-state index contributed by atoms with van der Waals surface area (Å²) in [5, 5.41) is 2.71. The minimum absolute atomic E-state index is 0.386. The van der Waals surface area contributed by atoms with Crippen LogP contribution in [-0.2, 0) is 11.2 Å². The highest BCUT2D eigenvalue weighted by Crippen LogP contribution is 2.29. The van der Waals surface area contributed by atoms with E-state index in [4.69, 9.17) is 4.74 Å². The molecule has 86 valence electrons. The molecule has 16 heavy (non-hydrogen) atoms. The van der Waals surface area contributed by atoms with Crippen molar-refractivity contribution in [1.29, 1.82) is 0 Å². The smallest absolute Gasteiger partial charge is 0.411 e. The highest BCUT2D eigenvalue weighted by molar-refractivity contribution is 5.85. The van der Waals surface area contributed by atoms with E-state index < -0.39 is 6.09 Å². The van der Waals surface area contributed by atoms with E-state index in [0.717, 1.165) is 18.7 Å². The molecule has 4 nitrogen and oxygen atoms in total. The molecular formula is C12H16N2O2. The number of hydrogen-bond donors (Lipinski definition) is 1. The normalized spacial score (nSPS) is 13.5. The van der Waals surface area contributed by atoms with E-state index in [9.17, 15) is 4.79 Å². The van der Waals surface area contributed by atoms with E-state index in [-0.39, 0.29) is 0 Å². The number of amides is 1. The molecule has 4 heteroatoms. The predicted octanol–water partition coefficient (Wildman–Crippen LogP) is 2.25. The second kappa shape index (κ2) is 4.43. The Balaban J connectivity index is 2.12. The molecule has 0 radical (unpaired) electrons. The summed E-state index contributed by atoms with van der Waals surface area (Å²) < 4.78 is 4.83. The quantitative estimate of drug-likeness (QED) is 0.831. The van der Waals surface area contributed by atoms with Gasteiger partial charge in [-0.05, 0) is 31.0 Å². The topological polar surface area (TPSA) is 41.6 Å². The summed E-state index contributed by atoms with van der Waals surface area (Å²) in [5.74, 6) is 0. The van der Waals surface area contributed by atoms with Crippen molar-refractivity contribution in [2.24, 2.45) is 0 Å². The van der Waals surface area contributed by atoms with Gasteiger partial charge in [0.2, 0.25) is 0 Å². The number of ether oxygens (including phenoxy) is 1. The summed E-state index contributed by atoms with van der Waals surface area (Å²) in [6, 6.07) is 5.95. The molecule has 1 heterocycles. The number of carbonyl (C=O) groups excluding carboxylic acids is 1. The largest absolute Gasteiger partial charge is 0.450 e. The van der Waals surface area contributed by atoms with E-state index >= 15 is 0 Å². The Morgan fingerprint density at radius 2 is 2.38 bits per heavy atom. The molecule has 0 aliphatic carbocycles. The number of nitrogens with zero attached hydrogens (tertiary/aromatic N) is 1. The standard InChI is InChI=1S/C12H16N2O2/c1-3-16-12(15)13-10-5-4-9-6-7-14(2)11(9)8-10/h4-5,8H,3,6-7H2,1-2H3,(H,13,15). The monoisotopic (exact) mass is 220 g/mol. The molecule has 0 bridgehead atoms. The highest BCUT2D eigenvalue weighted by Gasteiger charge is 2.16. The van der Waals surface area contributed by atoms with Gasteiger partial charge in [0.1, 0.15) is 0 Å². The predicted molar refractivity (Wildman–Crippen MR) is 64.1 cm³/mol. The third-order valence-corrected chi connectivity index (χ3v) is 2.73. The van der Waals surface area contributed by atoms with Crippen molar-refractivity contribution in [1.82, 2.24) is 0 Å². The van der Waals surface area contributed by atoms with Crippen LogP contribution in [0.3, 0.4) is 0 Å². The zero-order valence-corrected chi connectivity index (χ0v) is 9.62. The van der Waals surface area contributed by atoms with Crippen LogP contribution in [0.15, 0.2) is 18.2 Å². The van der Waals surface area contributed by atoms with Crippen LogP contribution in [0.1, 0.15) is 12.5 Å². The fraction of sp³-hybridized carbons (Fsp3) is 0.417. The third-order valence-electron chi connectivity index (χ3n) is 2.73. The molecule has 0 saturated carbocycles. The van der Waals surface area contributed by atoms with Crippen LogP contribution >= 0.6 is 0 Å². The average molecular weight is 220 g/mol. The van der Waals surface area contributed by atoms with Gasteiger partial charge in [-0.25, -0.2) is 4.79 Å². The second-order valence-corrected chi connectivity index (χ2v) is 3.86. The van der Waals surface area contributed by atoms with Gasteiger partial charge in [0.25, 0.3) is 0 Å². The van der Waals surface area contributed by atoms with Crippen LogP contribution in [0, 0.1) is 0 Å². The Morgan fingerprint density at radius 3 is 3.12 bits per heavy atom. The molecule has 0 aromatic heterocycles. The molecule has 1 aromatic rings. The number of rotatable bonds is 2. The Labute approximate surface area is 95.2 Å². The Bertz CT molecular complexity index is 404. The fourth-order valence-corrected chi connectivity index (χ4v) is 1.90. The molecule has 0 atom stereocenters. The van der Waals surface area contributed by atoms with Crippen molar-refractivity contribution in [3.63, 3.8) is 0 Å². The van der Waals surface area contributed by atoms with Crippen LogP contribution in [0.25, 0.3) is 0 Å². The molecule has 1 N–H and O–H groups in total. The lowest BCUT2D eigenvalue weighted by atomic mass is 10.1. The van der Waals surface area contributed by atoms with Gasteiger partial charge >= 0.3 is 6.09 Å². The van der Waals surface area contributed by atoms with Gasteiger partial charge in [0.05, 0.1) is 6.61 Å². The molecule has 0 unspecified atom stereocenters. The summed E-state index contributed by atoms with van der Waals surface area (Å²) in [4.78, 5) is 13.4. The number of nitrogens with one attached hydrogen (secondary N) is 1. The van der Waals surface area contributed by atoms with Crippen molar-refractivity contribution in [2.75, 3.05) is 30.4 Å². The van der Waals surface area contributed by atoms with Crippen molar-refractivity contribution in [2.45, 2.75) is 13.3 Å². The first kappa shape index (κ1) is 10.8. The molecule has 1 aliphatic heterocycles. The number of hydrogen-bond acceptors (Lipinski definition) is 3. The SMILES string of the molecule is CCOC(=O)Nc1ccc2c(c1)N(C)CC2. The Morgan fingerprint density at radius 1 is 1.56 bits per heavy atom. The zero-order chi connectivity index (χ0) is 11.5. The third kappa shape index (κ3) is 2.10. The molecule has 0 spiro atoms. The Kier molecular flexibility index (Phi) is 2.99. The van der Waals surface area contributed by atoms with E-state index in [1.807, 2.05) is 12.1 Å². The molecule has 1 aliphatic rings. The minimum atomic E-state index is -0.400. The summed E-state index contributed by atoms with van der Waals surface area (Å²) in [6.45, 7) is 3.21. The number of fused-ring (bicyclic) bond motifs is 1. The maximum atomic E-state index is 11.2. The first-order valence-electron chi connectivity index (χ1n) is 5.48. The number of likely N-dealkylation sites (N-methyl/N-ethyl adjacent to an activating group) is 1. The van der Waals surface area contributed by atoms with E-state index in [2.05, 4.69) is 23.3 Å². The number of anilines is 2. The van der Waals surface area contributed by atoms with Crippen molar-refractivity contribution in [3.8, 4) is 0 Å². The molecule has 1 amide bonds. The summed E-state index contributed by atoms with van der Waals surface area (Å²) in [6.07, 6.45) is 0.675. The summed E-state index contributed by atoms with van der Waals surface area (Å²) in [7, 11) is 2.06. The minimum Gasteiger partial charge on any atom is -0.450 e. The van der Waals surface area contributed by atoms with E-state index in [1.165, 1.54) is 11.3 Å². The van der Waals surface area contributed by atoms with Crippen LogP contribution in [-0.4, -0.2) is 26.3 Å². The maximum Gasteiger partial charge on any atom is 0.411 e.